The van der Waals surface area contributed by atoms with Crippen molar-refractivity contribution >= 4 is 11.8 Å². The van der Waals surface area contributed by atoms with Gasteiger partial charge in [0, 0.05) is 17.0 Å². The van der Waals surface area contributed by atoms with Gasteiger partial charge in [-0.2, -0.15) is 17.2 Å². The first-order chi connectivity index (χ1) is 5.68. The molecule has 2 atom stereocenters. The third-order valence-corrected chi connectivity index (χ3v) is 3.22. The Morgan fingerprint density at radius 1 is 1.58 bits per heavy atom. The second-order valence-corrected chi connectivity index (χ2v) is 5.37. The van der Waals surface area contributed by atoms with Gasteiger partial charge in [0.15, 0.2) is 0 Å². The minimum absolute atomic E-state index is 0.573. The molecule has 0 bridgehead atoms. The lowest BCUT2D eigenvalue weighted by molar-refractivity contribution is 0.00546. The zero-order chi connectivity index (χ0) is 8.97. The molecule has 0 aromatic carbocycles. The van der Waals surface area contributed by atoms with E-state index in [1.165, 1.54) is 12.2 Å². The number of nitrogens with one attached hydrogen (secondary N) is 1. The Hall–Kier alpha value is 0.270. The van der Waals surface area contributed by atoms with Crippen molar-refractivity contribution < 1.29 is 4.84 Å². The Bertz CT molecular complexity index is 130. The normalized spacial score (nSPS) is 30.0. The first-order valence-corrected chi connectivity index (χ1v) is 5.72. The summed E-state index contributed by atoms with van der Waals surface area (Å²) in [5.74, 6) is 1.81. The fraction of sp³-hybridized carbons (Fsp3) is 1.00. The number of hydrogen-bond donors (Lipinski definition) is 1. The van der Waals surface area contributed by atoms with Crippen molar-refractivity contribution in [1.82, 2.24) is 5.48 Å². The van der Waals surface area contributed by atoms with Crippen LogP contribution in [0.25, 0.3) is 0 Å². The van der Waals surface area contributed by atoms with Gasteiger partial charge >= 0.3 is 0 Å². The monoisotopic (exact) mass is 189 g/mol. The number of hydrogen-bond acceptors (Lipinski definition) is 3. The molecule has 72 valence electrons. The van der Waals surface area contributed by atoms with Gasteiger partial charge in [-0.05, 0) is 12.3 Å². The second-order valence-electron chi connectivity index (χ2n) is 3.90. The predicted molar refractivity (Wildman–Crippen MR) is 54.3 cm³/mol. The molecule has 0 radical (unpaired) electrons. The van der Waals surface area contributed by atoms with Gasteiger partial charge in [-0.3, -0.25) is 0 Å². The predicted octanol–water partition coefficient (Wildman–Crippen LogP) is 2.06. The molecule has 1 N–H and O–H groups in total. The van der Waals surface area contributed by atoms with Crippen LogP contribution in [0, 0.1) is 5.92 Å². The van der Waals surface area contributed by atoms with E-state index in [-0.39, 0.29) is 0 Å². The topological polar surface area (TPSA) is 21.3 Å². The molecule has 1 fully saturated rings. The van der Waals surface area contributed by atoms with Crippen molar-refractivity contribution in [3.8, 4) is 0 Å². The molecule has 2 nitrogen and oxygen atoms in total. The Morgan fingerprint density at radius 2 is 2.33 bits per heavy atom. The minimum Gasteiger partial charge on any atom is -0.301 e. The fourth-order valence-electron chi connectivity index (χ4n) is 1.23. The molecule has 0 amide bonds. The largest absolute Gasteiger partial charge is 0.301 e. The highest BCUT2D eigenvalue weighted by Gasteiger charge is 2.21. The lowest BCUT2D eigenvalue weighted by atomic mass is 10.2. The van der Waals surface area contributed by atoms with Crippen LogP contribution in [0.4, 0.5) is 0 Å². The van der Waals surface area contributed by atoms with Crippen LogP contribution in [0.15, 0.2) is 0 Å². The lowest BCUT2D eigenvalue weighted by Crippen LogP contribution is -2.30. The highest BCUT2D eigenvalue weighted by Crippen LogP contribution is 2.25. The van der Waals surface area contributed by atoms with Crippen LogP contribution in [0.1, 0.15) is 27.2 Å². The molecule has 0 aromatic heterocycles. The van der Waals surface area contributed by atoms with Gasteiger partial charge in [-0.15, -0.1) is 0 Å². The first kappa shape index (κ1) is 10.4. The third-order valence-electron chi connectivity index (χ3n) is 1.87. The van der Waals surface area contributed by atoms with E-state index in [4.69, 9.17) is 4.84 Å². The van der Waals surface area contributed by atoms with Gasteiger partial charge in [0.25, 0.3) is 0 Å². The Labute approximate surface area is 79.4 Å². The van der Waals surface area contributed by atoms with Gasteiger partial charge in [-0.25, -0.2) is 0 Å². The van der Waals surface area contributed by atoms with Crippen molar-refractivity contribution in [2.24, 2.45) is 5.92 Å². The molecular formula is C9H19NOS. The molecule has 2 unspecified atom stereocenters. The Balaban J connectivity index is 2.00. The summed E-state index contributed by atoms with van der Waals surface area (Å²) in [6.07, 6.45) is 1.24. The molecule has 1 rings (SSSR count). The summed E-state index contributed by atoms with van der Waals surface area (Å²) >= 11 is 2.02. The van der Waals surface area contributed by atoms with Crippen LogP contribution < -0.4 is 5.48 Å². The fourth-order valence-corrected chi connectivity index (χ4v) is 2.37. The molecular weight excluding hydrogens is 170 g/mol. The van der Waals surface area contributed by atoms with E-state index in [1.807, 2.05) is 11.8 Å². The SMILES string of the molecule is CC(C)CONC1CSC(C)C1. The van der Waals surface area contributed by atoms with Crippen molar-refractivity contribution in [3.05, 3.63) is 0 Å². The van der Waals surface area contributed by atoms with Crippen LogP contribution >= 0.6 is 11.8 Å². The minimum atomic E-state index is 0.573. The van der Waals surface area contributed by atoms with E-state index in [9.17, 15) is 0 Å². The van der Waals surface area contributed by atoms with Crippen molar-refractivity contribution in [2.75, 3.05) is 12.4 Å². The van der Waals surface area contributed by atoms with Crippen LogP contribution in [0.3, 0.4) is 0 Å². The molecule has 0 aliphatic carbocycles. The summed E-state index contributed by atoms with van der Waals surface area (Å²) in [4.78, 5) is 5.36. The lowest BCUT2D eigenvalue weighted by Gasteiger charge is -2.12. The smallest absolute Gasteiger partial charge is 0.0705 e. The Morgan fingerprint density at radius 3 is 2.83 bits per heavy atom. The van der Waals surface area contributed by atoms with Gasteiger partial charge in [0.2, 0.25) is 0 Å². The Kier molecular flexibility index (Phi) is 4.40. The zero-order valence-electron chi connectivity index (χ0n) is 8.17. The summed E-state index contributed by atoms with van der Waals surface area (Å²) < 4.78 is 0. The molecule has 1 aliphatic heterocycles. The number of thioether (sulfide) groups is 1. The van der Waals surface area contributed by atoms with Crippen molar-refractivity contribution in [2.45, 2.75) is 38.5 Å². The molecule has 0 saturated carbocycles. The van der Waals surface area contributed by atoms with Crippen LogP contribution in [-0.2, 0) is 4.84 Å². The molecule has 0 spiro atoms. The quantitative estimate of drug-likeness (QED) is 0.684. The van der Waals surface area contributed by atoms with E-state index in [0.717, 1.165) is 11.9 Å². The highest BCUT2D eigenvalue weighted by molar-refractivity contribution is 8.00. The van der Waals surface area contributed by atoms with Gasteiger partial charge in [-0.1, -0.05) is 20.8 Å². The molecule has 1 saturated heterocycles. The van der Waals surface area contributed by atoms with E-state index >= 15 is 0 Å². The van der Waals surface area contributed by atoms with E-state index in [1.54, 1.807) is 0 Å². The average molecular weight is 189 g/mol. The van der Waals surface area contributed by atoms with Gasteiger partial charge < -0.3 is 4.84 Å². The summed E-state index contributed by atoms with van der Waals surface area (Å²) in [5.41, 5.74) is 3.12. The van der Waals surface area contributed by atoms with Crippen molar-refractivity contribution in [1.29, 1.82) is 0 Å². The van der Waals surface area contributed by atoms with Crippen molar-refractivity contribution in [3.63, 3.8) is 0 Å². The summed E-state index contributed by atoms with van der Waals surface area (Å²) in [7, 11) is 0. The summed E-state index contributed by atoms with van der Waals surface area (Å²) in [6.45, 7) is 7.41. The summed E-state index contributed by atoms with van der Waals surface area (Å²) in [6, 6.07) is 0.573. The molecule has 12 heavy (non-hydrogen) atoms. The molecule has 0 aromatic rings. The van der Waals surface area contributed by atoms with E-state index in [2.05, 4.69) is 26.3 Å². The maximum atomic E-state index is 5.36. The van der Waals surface area contributed by atoms with Crippen LogP contribution in [-0.4, -0.2) is 23.7 Å². The maximum Gasteiger partial charge on any atom is 0.0705 e. The zero-order valence-corrected chi connectivity index (χ0v) is 8.99. The third kappa shape index (κ3) is 3.78. The standard InChI is InChI=1S/C9H19NOS/c1-7(2)5-11-10-9-4-8(3)12-6-9/h7-10H,4-6H2,1-3H3. The number of rotatable bonds is 4. The van der Waals surface area contributed by atoms with Gasteiger partial charge in [0.05, 0.1) is 6.61 Å². The molecule has 1 heterocycles. The van der Waals surface area contributed by atoms with E-state index < -0.39 is 0 Å². The summed E-state index contributed by atoms with van der Waals surface area (Å²) in [5, 5.41) is 0.796. The van der Waals surface area contributed by atoms with E-state index in [0.29, 0.717) is 12.0 Å². The second kappa shape index (κ2) is 5.10. The first-order valence-electron chi connectivity index (χ1n) is 4.67. The van der Waals surface area contributed by atoms with Crippen LogP contribution in [0.2, 0.25) is 0 Å². The number of hydroxylamine groups is 1. The molecule has 1 aliphatic rings. The van der Waals surface area contributed by atoms with Crippen LogP contribution in [0.5, 0.6) is 0 Å². The van der Waals surface area contributed by atoms with Gasteiger partial charge in [0.1, 0.15) is 0 Å². The highest BCUT2D eigenvalue weighted by atomic mass is 32.2. The average Bonchev–Trinajstić information content (AvgIpc) is 2.35. The molecule has 3 heteroatoms. The maximum absolute atomic E-state index is 5.36.